The van der Waals surface area contributed by atoms with Gasteiger partial charge in [0.05, 0.1) is 16.6 Å². The first-order chi connectivity index (χ1) is 14.7. The molecule has 1 fully saturated rings. The second-order valence-corrected chi connectivity index (χ2v) is 8.07. The van der Waals surface area contributed by atoms with Crippen LogP contribution in [0, 0.1) is 5.82 Å². The number of allylic oxidation sites excluding steroid dienone is 1. The standard InChI is InChI=1S/C25H24FN3O/c1-2-14-29-21-11-7-6-10-18(21)22-23(25(30)27-17-8-4-3-5-9-17)19-15-16(26)12-13-20(19)28-24(22)29/h2,6-7,10-13,15,17H,1,3-5,8-9,14H2,(H,27,30). The van der Waals surface area contributed by atoms with Crippen molar-refractivity contribution >= 4 is 38.7 Å². The molecule has 1 saturated carbocycles. The molecule has 0 saturated heterocycles. The van der Waals surface area contributed by atoms with E-state index in [1.165, 1.54) is 18.6 Å². The van der Waals surface area contributed by atoms with Crippen LogP contribution in [0.2, 0.25) is 0 Å². The quantitative estimate of drug-likeness (QED) is 0.444. The predicted molar refractivity (Wildman–Crippen MR) is 119 cm³/mol. The van der Waals surface area contributed by atoms with Gasteiger partial charge in [-0.25, -0.2) is 9.37 Å². The molecule has 2 aromatic carbocycles. The molecule has 0 aliphatic heterocycles. The summed E-state index contributed by atoms with van der Waals surface area (Å²) in [4.78, 5) is 18.4. The monoisotopic (exact) mass is 401 g/mol. The lowest BCUT2D eigenvalue weighted by atomic mass is 9.94. The van der Waals surface area contributed by atoms with Crippen LogP contribution >= 0.6 is 0 Å². The third-order valence-electron chi connectivity index (χ3n) is 6.13. The van der Waals surface area contributed by atoms with E-state index in [2.05, 4.69) is 16.5 Å². The fraction of sp³-hybridized carbons (Fsp3) is 0.280. The predicted octanol–water partition coefficient (Wildman–Crippen LogP) is 5.73. The molecule has 2 aromatic heterocycles. The van der Waals surface area contributed by atoms with E-state index in [-0.39, 0.29) is 17.8 Å². The fourth-order valence-corrected chi connectivity index (χ4v) is 4.76. The number of pyridine rings is 1. The number of hydrogen-bond donors (Lipinski definition) is 1. The molecule has 152 valence electrons. The Kier molecular flexibility index (Phi) is 4.74. The summed E-state index contributed by atoms with van der Waals surface area (Å²) in [5, 5.41) is 5.50. The molecule has 1 aliphatic rings. The van der Waals surface area contributed by atoms with Crippen LogP contribution in [0.5, 0.6) is 0 Å². The smallest absolute Gasteiger partial charge is 0.252 e. The third kappa shape index (κ3) is 3.05. The number of rotatable bonds is 4. The zero-order valence-electron chi connectivity index (χ0n) is 16.8. The summed E-state index contributed by atoms with van der Waals surface area (Å²) < 4.78 is 16.3. The van der Waals surface area contributed by atoms with E-state index in [0.717, 1.165) is 47.6 Å². The summed E-state index contributed by atoms with van der Waals surface area (Å²) in [5.41, 5.74) is 2.84. The highest BCUT2D eigenvalue weighted by atomic mass is 19.1. The molecule has 0 radical (unpaired) electrons. The van der Waals surface area contributed by atoms with Crippen molar-refractivity contribution in [2.24, 2.45) is 0 Å². The van der Waals surface area contributed by atoms with Gasteiger partial charge in [-0.2, -0.15) is 0 Å². The molecule has 0 spiro atoms. The largest absolute Gasteiger partial charge is 0.349 e. The van der Waals surface area contributed by atoms with E-state index in [1.54, 1.807) is 6.07 Å². The molecule has 0 atom stereocenters. The van der Waals surface area contributed by atoms with Gasteiger partial charge in [-0.3, -0.25) is 4.79 Å². The van der Waals surface area contributed by atoms with Crippen LogP contribution in [-0.4, -0.2) is 21.5 Å². The maximum absolute atomic E-state index is 14.2. The molecule has 1 amide bonds. The van der Waals surface area contributed by atoms with E-state index in [1.807, 2.05) is 30.3 Å². The minimum absolute atomic E-state index is 0.147. The Hall–Kier alpha value is -3.21. The average molecular weight is 401 g/mol. The molecule has 30 heavy (non-hydrogen) atoms. The molecule has 5 rings (SSSR count). The van der Waals surface area contributed by atoms with Crippen LogP contribution in [0.1, 0.15) is 42.5 Å². The van der Waals surface area contributed by atoms with E-state index < -0.39 is 0 Å². The zero-order chi connectivity index (χ0) is 20.7. The highest BCUT2D eigenvalue weighted by Gasteiger charge is 2.24. The molecule has 4 aromatic rings. The van der Waals surface area contributed by atoms with Gasteiger partial charge in [-0.05, 0) is 37.1 Å². The lowest BCUT2D eigenvalue weighted by molar-refractivity contribution is 0.0931. The topological polar surface area (TPSA) is 46.9 Å². The second kappa shape index (κ2) is 7.56. The highest BCUT2D eigenvalue weighted by Crippen LogP contribution is 2.35. The average Bonchev–Trinajstić information content (AvgIpc) is 3.06. The van der Waals surface area contributed by atoms with Crippen LogP contribution in [0.3, 0.4) is 0 Å². The minimum atomic E-state index is -0.370. The summed E-state index contributed by atoms with van der Waals surface area (Å²) in [6, 6.07) is 12.6. The molecule has 0 unspecified atom stereocenters. The van der Waals surface area contributed by atoms with Crippen molar-refractivity contribution in [3.05, 3.63) is 66.5 Å². The summed E-state index contributed by atoms with van der Waals surface area (Å²) in [7, 11) is 0. The normalized spacial score (nSPS) is 15.1. The van der Waals surface area contributed by atoms with Crippen LogP contribution in [0.25, 0.3) is 32.8 Å². The Morgan fingerprint density at radius 2 is 1.97 bits per heavy atom. The van der Waals surface area contributed by atoms with Gasteiger partial charge in [0, 0.05) is 28.7 Å². The Labute approximate surface area is 174 Å². The van der Waals surface area contributed by atoms with Crippen molar-refractivity contribution in [3.8, 4) is 0 Å². The number of carbonyl (C=O) groups is 1. The molecule has 1 aliphatic carbocycles. The van der Waals surface area contributed by atoms with Gasteiger partial charge in [-0.1, -0.05) is 43.5 Å². The maximum atomic E-state index is 14.2. The summed E-state index contributed by atoms with van der Waals surface area (Å²) >= 11 is 0. The summed E-state index contributed by atoms with van der Waals surface area (Å²) in [6.45, 7) is 4.46. The number of halogens is 1. The van der Waals surface area contributed by atoms with E-state index in [0.29, 0.717) is 23.0 Å². The number of hydrogen-bond acceptors (Lipinski definition) is 2. The Morgan fingerprint density at radius 3 is 2.77 bits per heavy atom. The summed E-state index contributed by atoms with van der Waals surface area (Å²) in [6.07, 6.45) is 7.28. The second-order valence-electron chi connectivity index (χ2n) is 8.07. The number of fused-ring (bicyclic) bond motifs is 4. The van der Waals surface area contributed by atoms with Gasteiger partial charge in [0.1, 0.15) is 11.5 Å². The fourth-order valence-electron chi connectivity index (χ4n) is 4.76. The highest BCUT2D eigenvalue weighted by molar-refractivity contribution is 6.23. The van der Waals surface area contributed by atoms with Crippen molar-refractivity contribution in [2.45, 2.75) is 44.7 Å². The first kappa shape index (κ1) is 18.8. The van der Waals surface area contributed by atoms with Gasteiger partial charge >= 0.3 is 0 Å². The molecule has 5 heteroatoms. The number of aromatic nitrogens is 2. The molecule has 1 N–H and O–H groups in total. The molecule has 4 nitrogen and oxygen atoms in total. The van der Waals surface area contributed by atoms with Crippen molar-refractivity contribution < 1.29 is 9.18 Å². The molecular formula is C25H24FN3O. The first-order valence-electron chi connectivity index (χ1n) is 10.6. The van der Waals surface area contributed by atoms with E-state index in [4.69, 9.17) is 4.98 Å². The minimum Gasteiger partial charge on any atom is -0.349 e. The number of benzene rings is 2. The summed E-state index contributed by atoms with van der Waals surface area (Å²) in [5.74, 6) is -0.517. The third-order valence-corrected chi connectivity index (χ3v) is 6.13. The lowest BCUT2D eigenvalue weighted by Crippen LogP contribution is -2.36. The SMILES string of the molecule is C=CCn1c2ccccc2c2c(C(=O)NC3CCCCC3)c3cc(F)ccc3nc21. The van der Waals surface area contributed by atoms with Crippen molar-refractivity contribution in [3.63, 3.8) is 0 Å². The van der Waals surface area contributed by atoms with E-state index in [9.17, 15) is 9.18 Å². The molecule has 0 bridgehead atoms. The van der Waals surface area contributed by atoms with Crippen LogP contribution in [0.15, 0.2) is 55.1 Å². The van der Waals surface area contributed by atoms with Crippen molar-refractivity contribution in [1.29, 1.82) is 0 Å². The van der Waals surface area contributed by atoms with Gasteiger partial charge in [-0.15, -0.1) is 6.58 Å². The maximum Gasteiger partial charge on any atom is 0.252 e. The number of carbonyl (C=O) groups excluding carboxylic acids is 1. The lowest BCUT2D eigenvalue weighted by Gasteiger charge is -2.23. The Balaban J connectivity index is 1.82. The Morgan fingerprint density at radius 1 is 1.17 bits per heavy atom. The number of amides is 1. The molecular weight excluding hydrogens is 377 g/mol. The molecule has 2 heterocycles. The van der Waals surface area contributed by atoms with E-state index >= 15 is 0 Å². The van der Waals surface area contributed by atoms with Crippen LogP contribution < -0.4 is 5.32 Å². The first-order valence-corrected chi connectivity index (χ1v) is 10.6. The number of para-hydroxylation sites is 1. The van der Waals surface area contributed by atoms with Crippen LogP contribution in [0.4, 0.5) is 4.39 Å². The van der Waals surface area contributed by atoms with Gasteiger partial charge in [0.15, 0.2) is 0 Å². The Bertz CT molecular complexity index is 1280. The number of nitrogens with one attached hydrogen (secondary N) is 1. The van der Waals surface area contributed by atoms with Crippen molar-refractivity contribution in [2.75, 3.05) is 0 Å². The van der Waals surface area contributed by atoms with Crippen molar-refractivity contribution in [1.82, 2.24) is 14.9 Å². The van der Waals surface area contributed by atoms with Gasteiger partial charge in [0.25, 0.3) is 5.91 Å². The zero-order valence-corrected chi connectivity index (χ0v) is 16.8. The van der Waals surface area contributed by atoms with Crippen LogP contribution in [-0.2, 0) is 6.54 Å². The van der Waals surface area contributed by atoms with Gasteiger partial charge in [0.2, 0.25) is 0 Å². The van der Waals surface area contributed by atoms with Gasteiger partial charge < -0.3 is 9.88 Å². The number of nitrogens with zero attached hydrogens (tertiary/aromatic N) is 2.